The van der Waals surface area contributed by atoms with E-state index < -0.39 is 72.2 Å². The van der Waals surface area contributed by atoms with Gasteiger partial charge in [0, 0.05) is 6.42 Å². The molecular weight excluding hydrogens is 440 g/mol. The standard InChI is InChI=1S/C19H34N6O8/c1-8(2)6-10(20)16(29)24-12(7-14(22)28)18(31)23-11(4-5-13(21)27)17(30)25-15(9(3)26)19(32)33/h8-12,15,26H,4-7,20H2,1-3H3,(H2,21,27)(H2,22,28)(H,23,31)(H,24,29)(H,25,30)(H,32,33). The first-order chi connectivity index (χ1) is 15.1. The minimum atomic E-state index is -1.69. The number of aliphatic carboxylic acids is 1. The van der Waals surface area contributed by atoms with Crippen molar-refractivity contribution in [3.05, 3.63) is 0 Å². The summed E-state index contributed by atoms with van der Waals surface area (Å²) in [5.41, 5.74) is 16.0. The Bertz CT molecular complexity index is 742. The van der Waals surface area contributed by atoms with Gasteiger partial charge < -0.3 is 43.4 Å². The van der Waals surface area contributed by atoms with E-state index in [0.717, 1.165) is 6.92 Å². The molecule has 0 bridgehead atoms. The lowest BCUT2D eigenvalue weighted by Crippen LogP contribution is -2.58. The summed E-state index contributed by atoms with van der Waals surface area (Å²) in [6.07, 6.45) is -2.44. The molecule has 0 radical (unpaired) electrons. The predicted octanol–water partition coefficient (Wildman–Crippen LogP) is -3.58. The number of amides is 5. The second-order valence-electron chi connectivity index (χ2n) is 8.10. The summed E-state index contributed by atoms with van der Waals surface area (Å²) < 4.78 is 0. The summed E-state index contributed by atoms with van der Waals surface area (Å²) in [6.45, 7) is 4.80. The summed E-state index contributed by atoms with van der Waals surface area (Å²) >= 11 is 0. The van der Waals surface area contributed by atoms with Crippen molar-refractivity contribution in [3.8, 4) is 0 Å². The van der Waals surface area contributed by atoms with E-state index in [1.807, 2.05) is 13.8 Å². The second-order valence-corrected chi connectivity index (χ2v) is 8.10. The first-order valence-electron chi connectivity index (χ1n) is 10.3. The minimum absolute atomic E-state index is 0.0761. The summed E-state index contributed by atoms with van der Waals surface area (Å²) in [7, 11) is 0. The van der Waals surface area contributed by atoms with Gasteiger partial charge in [0.15, 0.2) is 6.04 Å². The van der Waals surface area contributed by atoms with Crippen molar-refractivity contribution >= 4 is 35.5 Å². The van der Waals surface area contributed by atoms with Gasteiger partial charge in [-0.05, 0) is 25.7 Å². The Labute approximate surface area is 191 Å². The molecule has 0 aromatic heterocycles. The number of hydrogen-bond acceptors (Lipinski definition) is 8. The van der Waals surface area contributed by atoms with Crippen LogP contribution in [-0.4, -0.2) is 76.0 Å². The SMILES string of the molecule is CC(C)CC(N)C(=O)NC(CC(N)=O)C(=O)NC(CCC(N)=O)C(=O)NC(C(=O)O)C(C)O. The Morgan fingerprint density at radius 3 is 1.76 bits per heavy atom. The average molecular weight is 475 g/mol. The van der Waals surface area contributed by atoms with Gasteiger partial charge in [0.25, 0.3) is 0 Å². The number of aliphatic hydroxyl groups excluding tert-OH is 1. The quantitative estimate of drug-likeness (QED) is 0.116. The molecule has 0 rings (SSSR count). The number of hydrogen-bond donors (Lipinski definition) is 8. The highest BCUT2D eigenvalue weighted by atomic mass is 16.4. The molecule has 0 fully saturated rings. The largest absolute Gasteiger partial charge is 0.480 e. The number of carboxylic acids is 1. The zero-order valence-corrected chi connectivity index (χ0v) is 18.9. The van der Waals surface area contributed by atoms with Crippen LogP contribution < -0.4 is 33.2 Å². The zero-order valence-electron chi connectivity index (χ0n) is 18.9. The Hall–Kier alpha value is -3.26. The molecule has 5 atom stereocenters. The molecule has 0 heterocycles. The summed E-state index contributed by atoms with van der Waals surface area (Å²) in [4.78, 5) is 71.4. The molecule has 5 amide bonds. The van der Waals surface area contributed by atoms with E-state index in [1.54, 1.807) is 0 Å². The zero-order chi connectivity index (χ0) is 25.9. The highest BCUT2D eigenvalue weighted by Crippen LogP contribution is 2.05. The van der Waals surface area contributed by atoms with E-state index in [0.29, 0.717) is 6.42 Å². The molecule has 33 heavy (non-hydrogen) atoms. The fraction of sp³-hybridized carbons (Fsp3) is 0.684. The highest BCUT2D eigenvalue weighted by molar-refractivity contribution is 5.96. The van der Waals surface area contributed by atoms with Crippen molar-refractivity contribution < 1.29 is 39.0 Å². The van der Waals surface area contributed by atoms with E-state index in [2.05, 4.69) is 16.0 Å². The Morgan fingerprint density at radius 1 is 0.818 bits per heavy atom. The number of aliphatic hydroxyl groups is 1. The maximum Gasteiger partial charge on any atom is 0.328 e. The van der Waals surface area contributed by atoms with Gasteiger partial charge >= 0.3 is 5.97 Å². The van der Waals surface area contributed by atoms with Crippen molar-refractivity contribution in [2.24, 2.45) is 23.1 Å². The third kappa shape index (κ3) is 11.8. The molecule has 0 aliphatic carbocycles. The van der Waals surface area contributed by atoms with Crippen molar-refractivity contribution in [3.63, 3.8) is 0 Å². The van der Waals surface area contributed by atoms with Crippen LogP contribution in [-0.2, 0) is 28.8 Å². The summed E-state index contributed by atoms with van der Waals surface area (Å²) in [6, 6.07) is -5.61. The normalized spacial score (nSPS) is 15.5. The number of nitrogens with one attached hydrogen (secondary N) is 3. The van der Waals surface area contributed by atoms with Crippen LogP contribution in [0, 0.1) is 5.92 Å². The molecule has 11 N–H and O–H groups in total. The maximum absolute atomic E-state index is 12.7. The van der Waals surface area contributed by atoms with Gasteiger partial charge in [0.1, 0.15) is 12.1 Å². The molecule has 5 unspecified atom stereocenters. The van der Waals surface area contributed by atoms with Crippen molar-refractivity contribution in [1.82, 2.24) is 16.0 Å². The molecule has 0 aliphatic rings. The number of primary amides is 2. The predicted molar refractivity (Wildman–Crippen MR) is 115 cm³/mol. The van der Waals surface area contributed by atoms with E-state index in [1.165, 1.54) is 0 Å². The van der Waals surface area contributed by atoms with Gasteiger partial charge in [-0.1, -0.05) is 13.8 Å². The van der Waals surface area contributed by atoms with Gasteiger partial charge in [-0.2, -0.15) is 0 Å². The Morgan fingerprint density at radius 2 is 1.33 bits per heavy atom. The topological polar surface area (TPSA) is 257 Å². The number of nitrogens with two attached hydrogens (primary N) is 3. The van der Waals surface area contributed by atoms with Gasteiger partial charge in [-0.25, -0.2) is 4.79 Å². The van der Waals surface area contributed by atoms with Gasteiger partial charge in [0.2, 0.25) is 29.5 Å². The van der Waals surface area contributed by atoms with Crippen LogP contribution in [0.4, 0.5) is 0 Å². The van der Waals surface area contributed by atoms with Crippen molar-refractivity contribution in [2.45, 2.75) is 76.7 Å². The molecular formula is C19H34N6O8. The Kier molecular flexibility index (Phi) is 12.6. The molecule has 0 aliphatic heterocycles. The van der Waals surface area contributed by atoms with Crippen LogP contribution in [0.5, 0.6) is 0 Å². The van der Waals surface area contributed by atoms with Crippen molar-refractivity contribution in [2.75, 3.05) is 0 Å². The summed E-state index contributed by atoms with van der Waals surface area (Å²) in [5, 5.41) is 25.3. The second kappa shape index (κ2) is 14.0. The van der Waals surface area contributed by atoms with Crippen LogP contribution in [0.3, 0.4) is 0 Å². The third-order valence-electron chi connectivity index (χ3n) is 4.46. The Balaban J connectivity index is 5.58. The van der Waals surface area contributed by atoms with Crippen LogP contribution in [0.15, 0.2) is 0 Å². The molecule has 0 aromatic rings. The maximum atomic E-state index is 12.7. The number of carbonyl (C=O) groups excluding carboxylic acids is 5. The minimum Gasteiger partial charge on any atom is -0.480 e. The monoisotopic (exact) mass is 474 g/mol. The first-order valence-corrected chi connectivity index (χ1v) is 10.3. The lowest BCUT2D eigenvalue weighted by atomic mass is 10.0. The van der Waals surface area contributed by atoms with E-state index >= 15 is 0 Å². The molecule has 0 spiro atoms. The molecule has 14 nitrogen and oxygen atoms in total. The van der Waals surface area contributed by atoms with Crippen LogP contribution in [0.2, 0.25) is 0 Å². The molecule has 14 heteroatoms. The number of carbonyl (C=O) groups is 6. The smallest absolute Gasteiger partial charge is 0.328 e. The number of rotatable bonds is 15. The van der Waals surface area contributed by atoms with Crippen LogP contribution in [0.1, 0.15) is 46.5 Å². The van der Waals surface area contributed by atoms with Crippen LogP contribution >= 0.6 is 0 Å². The van der Waals surface area contributed by atoms with E-state index in [-0.39, 0.29) is 18.8 Å². The lowest BCUT2D eigenvalue weighted by Gasteiger charge is -2.25. The van der Waals surface area contributed by atoms with Crippen LogP contribution in [0.25, 0.3) is 0 Å². The third-order valence-corrected chi connectivity index (χ3v) is 4.46. The van der Waals surface area contributed by atoms with Gasteiger partial charge in [-0.3, -0.25) is 24.0 Å². The molecule has 0 saturated carbocycles. The van der Waals surface area contributed by atoms with Crippen molar-refractivity contribution in [1.29, 1.82) is 0 Å². The molecule has 188 valence electrons. The average Bonchev–Trinajstić information content (AvgIpc) is 2.66. The molecule has 0 saturated heterocycles. The first kappa shape index (κ1) is 29.7. The van der Waals surface area contributed by atoms with E-state index in [9.17, 15) is 33.9 Å². The van der Waals surface area contributed by atoms with Gasteiger partial charge in [-0.15, -0.1) is 0 Å². The van der Waals surface area contributed by atoms with Gasteiger partial charge in [0.05, 0.1) is 18.6 Å². The number of carboxylic acid groups (broad SMARTS) is 1. The lowest BCUT2D eigenvalue weighted by molar-refractivity contribution is -0.145. The fourth-order valence-corrected chi connectivity index (χ4v) is 2.77. The molecule has 0 aromatic carbocycles. The fourth-order valence-electron chi connectivity index (χ4n) is 2.77. The summed E-state index contributed by atoms with van der Waals surface area (Å²) in [5.74, 6) is -5.92. The van der Waals surface area contributed by atoms with E-state index in [4.69, 9.17) is 22.3 Å². The highest BCUT2D eigenvalue weighted by Gasteiger charge is 2.32.